The van der Waals surface area contributed by atoms with Crippen LogP contribution in [-0.4, -0.2) is 76.8 Å². The summed E-state index contributed by atoms with van der Waals surface area (Å²) in [5.74, 6) is -0.161. The Morgan fingerprint density at radius 3 is 2.72 bits per heavy atom. The minimum atomic E-state index is -1.07. The molecule has 10 nitrogen and oxygen atoms in total. The van der Waals surface area contributed by atoms with Gasteiger partial charge >= 0.3 is 5.97 Å². The Bertz CT molecular complexity index is 1080. The van der Waals surface area contributed by atoms with Crippen LogP contribution in [0.25, 0.3) is 0 Å². The van der Waals surface area contributed by atoms with Crippen LogP contribution in [0, 0.1) is 0 Å². The highest BCUT2D eigenvalue weighted by Crippen LogP contribution is 2.25. The average Bonchev–Trinajstić information content (AvgIpc) is 3.39. The van der Waals surface area contributed by atoms with Crippen molar-refractivity contribution in [3.05, 3.63) is 41.2 Å². The number of pyridine rings is 1. The van der Waals surface area contributed by atoms with Crippen molar-refractivity contribution in [2.45, 2.75) is 90.7 Å². The lowest BCUT2D eigenvalue weighted by atomic mass is 9.91. The van der Waals surface area contributed by atoms with Crippen LogP contribution in [0.4, 0.5) is 5.82 Å². The molecule has 10 heteroatoms. The van der Waals surface area contributed by atoms with E-state index in [-0.39, 0.29) is 18.2 Å². The number of aromatic nitrogens is 2. The van der Waals surface area contributed by atoms with Gasteiger partial charge in [-0.2, -0.15) is 0 Å². The van der Waals surface area contributed by atoms with E-state index in [9.17, 15) is 14.7 Å². The van der Waals surface area contributed by atoms with Gasteiger partial charge < -0.3 is 29.8 Å². The third-order valence-corrected chi connectivity index (χ3v) is 6.77. The number of aliphatic carboxylic acids is 1. The first kappa shape index (κ1) is 30.6. The number of amides is 1. The third-order valence-electron chi connectivity index (χ3n) is 6.77. The van der Waals surface area contributed by atoms with Gasteiger partial charge in [-0.1, -0.05) is 26.8 Å². The molecular weight excluding hydrogens is 498 g/mol. The van der Waals surface area contributed by atoms with Gasteiger partial charge in [-0.05, 0) is 70.5 Å². The number of ether oxygens (including phenoxy) is 1. The van der Waals surface area contributed by atoms with Crippen LogP contribution in [-0.2, 0) is 27.8 Å². The Morgan fingerprint density at radius 2 is 2.00 bits per heavy atom. The summed E-state index contributed by atoms with van der Waals surface area (Å²) in [4.78, 5) is 35.9. The van der Waals surface area contributed by atoms with E-state index < -0.39 is 23.3 Å². The fourth-order valence-corrected chi connectivity index (χ4v) is 4.64. The number of oxazole rings is 1. The summed E-state index contributed by atoms with van der Waals surface area (Å²) in [6.07, 6.45) is 6.67. The number of carbonyl (C=O) groups is 2. The molecule has 0 spiro atoms. The van der Waals surface area contributed by atoms with Crippen molar-refractivity contribution in [1.29, 1.82) is 0 Å². The molecular formula is C29H45N5O5. The number of carboxylic acids is 1. The molecule has 0 bridgehead atoms. The number of carboxylic acid groups (broad SMARTS) is 1. The first-order chi connectivity index (χ1) is 18.5. The number of fused-ring (bicyclic) bond motifs is 1. The van der Waals surface area contributed by atoms with Gasteiger partial charge in [-0.25, -0.2) is 14.8 Å². The van der Waals surface area contributed by atoms with Crippen molar-refractivity contribution in [2.75, 3.05) is 38.1 Å². The smallest absolute Gasteiger partial charge is 0.326 e. The Balaban J connectivity index is 1.53. The molecule has 1 amide bonds. The zero-order chi connectivity index (χ0) is 28.4. The molecule has 2 aromatic heterocycles. The molecule has 0 saturated carbocycles. The number of aryl methyl sites for hydroxylation is 2. The van der Waals surface area contributed by atoms with Crippen LogP contribution in [0.3, 0.4) is 0 Å². The highest BCUT2D eigenvalue weighted by molar-refractivity contribution is 5.96. The predicted octanol–water partition coefficient (Wildman–Crippen LogP) is 4.05. The molecule has 1 atom stereocenters. The number of anilines is 1. The number of rotatable bonds is 15. The number of nitrogens with one attached hydrogen (secondary N) is 2. The Labute approximate surface area is 231 Å². The normalized spacial score (nSPS) is 14.2. The number of carbonyl (C=O) groups excluding carboxylic acids is 1. The number of unbranched alkanes of at least 4 members (excludes halogenated alkanes) is 1. The lowest BCUT2D eigenvalue weighted by Gasteiger charge is -2.25. The molecule has 0 aliphatic carbocycles. The zero-order valence-electron chi connectivity index (χ0n) is 24.1. The van der Waals surface area contributed by atoms with Crippen LogP contribution < -0.4 is 10.6 Å². The molecule has 1 aliphatic heterocycles. The quantitative estimate of drug-likeness (QED) is 0.285. The summed E-state index contributed by atoms with van der Waals surface area (Å²) >= 11 is 0. The van der Waals surface area contributed by atoms with Crippen LogP contribution >= 0.6 is 0 Å². The monoisotopic (exact) mass is 543 g/mol. The molecule has 0 saturated heterocycles. The van der Waals surface area contributed by atoms with Gasteiger partial charge in [0.1, 0.15) is 17.6 Å². The van der Waals surface area contributed by atoms with E-state index >= 15 is 0 Å². The summed E-state index contributed by atoms with van der Waals surface area (Å²) in [5, 5.41) is 15.9. The van der Waals surface area contributed by atoms with Crippen LogP contribution in [0.15, 0.2) is 22.9 Å². The fourth-order valence-electron chi connectivity index (χ4n) is 4.64. The standard InChI is InChI=1S/C29H45N5O5/c1-20(2)38-18-17-34(15-7-6-10-22-12-11-21-9-8-14-30-26(21)32-22)16-13-23(28(36)37)33-27(35)24-25(29(3,4)5)39-19-31-24/h11-12,19-20,23H,6-10,13-18H2,1-5H3,(H,30,32)(H,33,35)(H,36,37). The lowest BCUT2D eigenvalue weighted by molar-refractivity contribution is -0.139. The molecule has 216 valence electrons. The first-order valence-electron chi connectivity index (χ1n) is 14.1. The van der Waals surface area contributed by atoms with E-state index in [1.807, 2.05) is 34.6 Å². The molecule has 2 aromatic rings. The number of hydrogen-bond donors (Lipinski definition) is 3. The second kappa shape index (κ2) is 14.4. The van der Waals surface area contributed by atoms with Crippen molar-refractivity contribution in [3.63, 3.8) is 0 Å². The van der Waals surface area contributed by atoms with E-state index in [2.05, 4.69) is 32.7 Å². The van der Waals surface area contributed by atoms with Crippen LogP contribution in [0.5, 0.6) is 0 Å². The molecule has 0 aromatic carbocycles. The minimum absolute atomic E-state index is 0.126. The number of hydrogen-bond acceptors (Lipinski definition) is 8. The number of nitrogens with zero attached hydrogens (tertiary/aromatic N) is 3. The van der Waals surface area contributed by atoms with Gasteiger partial charge in [0.05, 0.1) is 12.7 Å². The minimum Gasteiger partial charge on any atom is -0.480 e. The largest absolute Gasteiger partial charge is 0.480 e. The van der Waals surface area contributed by atoms with Gasteiger partial charge in [0.25, 0.3) is 5.91 Å². The van der Waals surface area contributed by atoms with E-state index in [1.165, 1.54) is 12.0 Å². The topological polar surface area (TPSA) is 130 Å². The zero-order valence-corrected chi connectivity index (χ0v) is 24.1. The second-order valence-corrected chi connectivity index (χ2v) is 11.5. The van der Waals surface area contributed by atoms with Crippen LogP contribution in [0.1, 0.15) is 87.8 Å². The predicted molar refractivity (Wildman–Crippen MR) is 150 cm³/mol. The maximum atomic E-state index is 12.9. The van der Waals surface area contributed by atoms with E-state index in [1.54, 1.807) is 0 Å². The van der Waals surface area contributed by atoms with Gasteiger partial charge in [0, 0.05) is 30.7 Å². The molecule has 0 radical (unpaired) electrons. The summed E-state index contributed by atoms with van der Waals surface area (Å²) in [6, 6.07) is 3.27. The highest BCUT2D eigenvalue weighted by atomic mass is 16.5. The Kier molecular flexibility index (Phi) is 11.3. The van der Waals surface area contributed by atoms with Crippen molar-refractivity contribution >= 4 is 17.7 Å². The lowest BCUT2D eigenvalue weighted by Crippen LogP contribution is -2.44. The maximum absolute atomic E-state index is 12.9. The first-order valence-corrected chi connectivity index (χ1v) is 14.1. The fraction of sp³-hybridized carbons (Fsp3) is 0.655. The molecule has 0 fully saturated rings. The molecule has 1 unspecified atom stereocenters. The van der Waals surface area contributed by atoms with Crippen LogP contribution in [0.2, 0.25) is 0 Å². The molecule has 39 heavy (non-hydrogen) atoms. The molecule has 3 rings (SSSR count). The summed E-state index contributed by atoms with van der Waals surface area (Å²) in [7, 11) is 0. The summed E-state index contributed by atoms with van der Waals surface area (Å²) in [5.41, 5.74) is 2.08. The van der Waals surface area contributed by atoms with Crippen molar-refractivity contribution in [3.8, 4) is 0 Å². The summed E-state index contributed by atoms with van der Waals surface area (Å²) < 4.78 is 11.2. The van der Waals surface area contributed by atoms with Crippen molar-refractivity contribution in [2.24, 2.45) is 0 Å². The van der Waals surface area contributed by atoms with Gasteiger partial charge in [-0.3, -0.25) is 4.79 Å². The van der Waals surface area contributed by atoms with Crippen molar-refractivity contribution in [1.82, 2.24) is 20.2 Å². The summed E-state index contributed by atoms with van der Waals surface area (Å²) in [6.45, 7) is 13.3. The Hall–Kier alpha value is -2.98. The van der Waals surface area contributed by atoms with E-state index in [4.69, 9.17) is 14.1 Å². The Morgan fingerprint density at radius 1 is 1.21 bits per heavy atom. The SMILES string of the molecule is CC(C)OCCN(CCCCc1ccc2c(n1)NCCC2)CCC(NC(=O)c1ncoc1C(C)(C)C)C(=O)O. The van der Waals surface area contributed by atoms with E-state index in [0.717, 1.165) is 56.7 Å². The van der Waals surface area contributed by atoms with Crippen molar-refractivity contribution < 1.29 is 23.8 Å². The average molecular weight is 544 g/mol. The van der Waals surface area contributed by atoms with Gasteiger partial charge in [0.15, 0.2) is 12.1 Å². The third kappa shape index (κ3) is 9.61. The molecule has 1 aliphatic rings. The van der Waals surface area contributed by atoms with E-state index in [0.29, 0.717) is 25.5 Å². The maximum Gasteiger partial charge on any atom is 0.326 e. The second-order valence-electron chi connectivity index (χ2n) is 11.5. The molecule has 3 N–H and O–H groups in total. The molecule has 3 heterocycles. The highest BCUT2D eigenvalue weighted by Gasteiger charge is 2.29. The van der Waals surface area contributed by atoms with Gasteiger partial charge in [-0.15, -0.1) is 0 Å². The van der Waals surface area contributed by atoms with Gasteiger partial charge in [0.2, 0.25) is 0 Å².